The van der Waals surface area contributed by atoms with Crippen molar-refractivity contribution in [3.05, 3.63) is 71.5 Å². The Kier molecular flexibility index (Phi) is 7.42. The highest BCUT2D eigenvalue weighted by atomic mass is 32.2. The molecule has 4 aromatic rings. The molecule has 2 aromatic heterocycles. The van der Waals surface area contributed by atoms with Gasteiger partial charge in [0.15, 0.2) is 5.65 Å². The molecule has 0 saturated heterocycles. The van der Waals surface area contributed by atoms with Gasteiger partial charge in [-0.05, 0) is 56.2 Å². The van der Waals surface area contributed by atoms with E-state index in [4.69, 9.17) is 4.74 Å². The van der Waals surface area contributed by atoms with Crippen molar-refractivity contribution in [3.8, 4) is 17.0 Å². The van der Waals surface area contributed by atoms with Crippen molar-refractivity contribution in [3.63, 3.8) is 0 Å². The molecule has 2 N–H and O–H groups in total. The summed E-state index contributed by atoms with van der Waals surface area (Å²) in [7, 11) is -3.81. The van der Waals surface area contributed by atoms with Crippen molar-refractivity contribution in [2.24, 2.45) is 0 Å². The van der Waals surface area contributed by atoms with Crippen LogP contribution in [0.2, 0.25) is 0 Å². The van der Waals surface area contributed by atoms with Crippen LogP contribution in [0.15, 0.2) is 59.6 Å². The molecule has 216 valence electrons. The average molecular weight is 596 g/mol. The van der Waals surface area contributed by atoms with Gasteiger partial charge in [0.25, 0.3) is 12.3 Å². The Balaban J connectivity index is 1.52. The number of rotatable bonds is 9. The molecule has 1 aliphatic rings. The highest BCUT2D eigenvalue weighted by Crippen LogP contribution is 2.39. The van der Waals surface area contributed by atoms with Gasteiger partial charge in [-0.25, -0.2) is 31.4 Å². The number of nitrogens with zero attached hydrogens (tertiary/aromatic N) is 3. The van der Waals surface area contributed by atoms with E-state index in [1.807, 2.05) is 0 Å². The van der Waals surface area contributed by atoms with Crippen LogP contribution in [0.25, 0.3) is 16.9 Å². The second kappa shape index (κ2) is 10.7. The number of aromatic nitrogens is 3. The van der Waals surface area contributed by atoms with E-state index < -0.39 is 45.5 Å². The number of hydrogen-bond donors (Lipinski definition) is 2. The number of nitrogens with one attached hydrogen (secondary N) is 2. The molecule has 1 amide bonds. The highest BCUT2D eigenvalue weighted by Gasteiger charge is 2.35. The molecular formula is C26H22F5N5O4S. The van der Waals surface area contributed by atoms with Crippen molar-refractivity contribution >= 4 is 27.3 Å². The first-order valence-electron chi connectivity index (χ1n) is 12.3. The second-order valence-corrected chi connectivity index (χ2v) is 10.9. The third-order valence-electron chi connectivity index (χ3n) is 6.15. The van der Waals surface area contributed by atoms with Crippen LogP contribution in [0.5, 0.6) is 5.75 Å². The zero-order valence-corrected chi connectivity index (χ0v) is 22.1. The fourth-order valence-electron chi connectivity index (χ4n) is 4.07. The summed E-state index contributed by atoms with van der Waals surface area (Å²) >= 11 is 0. The molecule has 5 rings (SSSR count). The first-order valence-corrected chi connectivity index (χ1v) is 13.8. The Bertz CT molecular complexity index is 1740. The minimum Gasteiger partial charge on any atom is -0.493 e. The summed E-state index contributed by atoms with van der Waals surface area (Å²) in [6.07, 6.45) is -5.30. The number of amides is 1. The molecule has 0 atom stereocenters. The fraction of sp³-hybridized carbons (Fsp3) is 0.269. The minimum atomic E-state index is -4.71. The average Bonchev–Trinajstić information content (AvgIpc) is 3.61. The number of alkyl halides is 5. The fourth-order valence-corrected chi connectivity index (χ4v) is 5.42. The van der Waals surface area contributed by atoms with E-state index in [0.29, 0.717) is 0 Å². The van der Waals surface area contributed by atoms with E-state index in [0.717, 1.165) is 47.8 Å². The molecule has 1 saturated carbocycles. The predicted molar refractivity (Wildman–Crippen MR) is 137 cm³/mol. The van der Waals surface area contributed by atoms with Crippen LogP contribution in [0, 0.1) is 0 Å². The topological polar surface area (TPSA) is 115 Å². The highest BCUT2D eigenvalue weighted by molar-refractivity contribution is 7.89. The Morgan fingerprint density at radius 1 is 1.15 bits per heavy atom. The lowest BCUT2D eigenvalue weighted by Gasteiger charge is -2.15. The number of sulfonamides is 1. The van der Waals surface area contributed by atoms with Crippen LogP contribution in [-0.2, 0) is 16.2 Å². The van der Waals surface area contributed by atoms with E-state index in [9.17, 15) is 35.2 Å². The van der Waals surface area contributed by atoms with E-state index in [2.05, 4.69) is 20.1 Å². The van der Waals surface area contributed by atoms with Gasteiger partial charge in [0.1, 0.15) is 17.0 Å². The maximum absolute atomic E-state index is 14.0. The minimum absolute atomic E-state index is 0.0412. The van der Waals surface area contributed by atoms with Gasteiger partial charge in [0.2, 0.25) is 10.0 Å². The molecule has 15 heteroatoms. The molecule has 0 spiro atoms. The van der Waals surface area contributed by atoms with Gasteiger partial charge in [-0.3, -0.25) is 4.79 Å². The number of carbonyl (C=O) groups is 1. The molecule has 9 nitrogen and oxygen atoms in total. The number of carbonyl (C=O) groups excluding carboxylic acids is 1. The van der Waals surface area contributed by atoms with E-state index in [1.54, 1.807) is 0 Å². The summed E-state index contributed by atoms with van der Waals surface area (Å²) in [5.74, 6) is -1.33. The lowest BCUT2D eigenvalue weighted by Crippen LogP contribution is -2.25. The molecule has 0 unspecified atom stereocenters. The SMILES string of the molecule is CCOc1cc(-c2cc(C(F)F)n3ncc(C(=O)Nc4cccc(S(=O)(=O)NC5CC5)c4)c3n2)ccc1C(F)(F)F. The summed E-state index contributed by atoms with van der Waals surface area (Å²) in [5, 5.41) is 6.38. The Hall–Kier alpha value is -4.11. The van der Waals surface area contributed by atoms with Crippen molar-refractivity contribution < 1.29 is 39.9 Å². The maximum atomic E-state index is 14.0. The summed E-state index contributed by atoms with van der Waals surface area (Å²) in [6.45, 7) is 1.42. The Morgan fingerprint density at radius 3 is 2.56 bits per heavy atom. The van der Waals surface area contributed by atoms with E-state index in [-0.39, 0.29) is 45.7 Å². The third kappa shape index (κ3) is 6.00. The molecule has 1 fully saturated rings. The number of hydrogen-bond acceptors (Lipinski definition) is 6. The van der Waals surface area contributed by atoms with Gasteiger partial charge >= 0.3 is 6.18 Å². The molecule has 1 aliphatic carbocycles. The smallest absolute Gasteiger partial charge is 0.419 e. The summed E-state index contributed by atoms with van der Waals surface area (Å²) < 4.78 is 102. The summed E-state index contributed by atoms with van der Waals surface area (Å²) in [4.78, 5) is 17.3. The van der Waals surface area contributed by atoms with Crippen molar-refractivity contribution in [1.29, 1.82) is 0 Å². The summed E-state index contributed by atoms with van der Waals surface area (Å²) in [5.41, 5.74) is -2.19. The van der Waals surface area contributed by atoms with Crippen LogP contribution in [0.4, 0.5) is 27.6 Å². The number of benzene rings is 2. The van der Waals surface area contributed by atoms with Crippen LogP contribution < -0.4 is 14.8 Å². The lowest BCUT2D eigenvalue weighted by atomic mass is 10.1. The summed E-state index contributed by atoms with van der Waals surface area (Å²) in [6, 6.07) is 9.18. The molecular weight excluding hydrogens is 573 g/mol. The molecule has 0 aliphatic heterocycles. The number of ether oxygens (including phenoxy) is 1. The molecule has 2 heterocycles. The lowest BCUT2D eigenvalue weighted by molar-refractivity contribution is -0.138. The van der Waals surface area contributed by atoms with Crippen LogP contribution in [0.3, 0.4) is 0 Å². The zero-order chi connectivity index (χ0) is 29.5. The zero-order valence-electron chi connectivity index (χ0n) is 21.2. The Labute approximate surface area is 230 Å². The molecule has 41 heavy (non-hydrogen) atoms. The van der Waals surface area contributed by atoms with Gasteiger partial charge in [0, 0.05) is 17.3 Å². The van der Waals surface area contributed by atoms with Gasteiger partial charge in [-0.1, -0.05) is 12.1 Å². The largest absolute Gasteiger partial charge is 0.493 e. The van der Waals surface area contributed by atoms with Crippen molar-refractivity contribution in [1.82, 2.24) is 19.3 Å². The first kappa shape index (κ1) is 28.4. The number of halogens is 5. The van der Waals surface area contributed by atoms with E-state index in [1.165, 1.54) is 31.2 Å². The Morgan fingerprint density at radius 2 is 1.90 bits per heavy atom. The third-order valence-corrected chi connectivity index (χ3v) is 7.67. The second-order valence-electron chi connectivity index (χ2n) is 9.18. The number of fused-ring (bicyclic) bond motifs is 1. The number of anilines is 1. The predicted octanol–water partition coefficient (Wildman–Crippen LogP) is 5.44. The van der Waals surface area contributed by atoms with Crippen LogP contribution in [0.1, 0.15) is 47.8 Å². The van der Waals surface area contributed by atoms with Crippen LogP contribution in [-0.4, -0.2) is 41.6 Å². The first-order chi connectivity index (χ1) is 19.4. The van der Waals surface area contributed by atoms with Crippen molar-refractivity contribution in [2.45, 2.75) is 43.3 Å². The quantitative estimate of drug-likeness (QED) is 0.249. The molecule has 0 radical (unpaired) electrons. The van der Waals surface area contributed by atoms with Gasteiger partial charge in [-0.2, -0.15) is 18.3 Å². The molecule has 2 aromatic carbocycles. The van der Waals surface area contributed by atoms with Gasteiger partial charge < -0.3 is 10.1 Å². The van der Waals surface area contributed by atoms with Crippen LogP contribution >= 0.6 is 0 Å². The molecule has 0 bridgehead atoms. The maximum Gasteiger partial charge on any atom is 0.419 e. The standard InChI is InChI=1S/C26H22F5N5O4S/c1-2-40-22-10-14(6-9-19(22)26(29,30)31)20-12-21(23(27)28)36-24(34-20)18(13-32-36)25(37)33-16-4-3-5-17(11-16)41(38,39)35-15-7-8-15/h3-6,9-13,15,23,35H,2,7-8H2,1H3,(H,33,37). The van der Waals surface area contributed by atoms with Crippen molar-refractivity contribution in [2.75, 3.05) is 11.9 Å². The van der Waals surface area contributed by atoms with Gasteiger partial charge in [-0.15, -0.1) is 0 Å². The van der Waals surface area contributed by atoms with E-state index >= 15 is 0 Å². The monoisotopic (exact) mass is 595 g/mol. The normalized spacial score (nSPS) is 14.0. The van der Waals surface area contributed by atoms with Gasteiger partial charge in [0.05, 0.1) is 29.0 Å².